The number of thiocarbonyl (C=S) groups is 1. The first-order valence-corrected chi connectivity index (χ1v) is 7.76. The number of fused-ring (bicyclic) bond motifs is 1. The second-order valence-electron chi connectivity index (χ2n) is 3.50. The summed E-state index contributed by atoms with van der Waals surface area (Å²) in [4.78, 5) is 2.52. The van der Waals surface area contributed by atoms with Gasteiger partial charge in [-0.1, -0.05) is 0 Å². The highest BCUT2D eigenvalue weighted by molar-refractivity contribution is 7.99. The summed E-state index contributed by atoms with van der Waals surface area (Å²) in [6.45, 7) is 0. The van der Waals surface area contributed by atoms with Crippen LogP contribution in [0.3, 0.4) is 0 Å². The van der Waals surface area contributed by atoms with Crippen LogP contribution in [-0.2, 0) is 0 Å². The third-order valence-corrected chi connectivity index (χ3v) is 4.29. The van der Waals surface area contributed by atoms with Crippen LogP contribution < -0.4 is 11.2 Å². The van der Waals surface area contributed by atoms with Crippen molar-refractivity contribution in [3.8, 4) is 0 Å². The first-order chi connectivity index (χ1) is 8.20. The number of nitrogens with two attached hydrogens (primary N) is 1. The van der Waals surface area contributed by atoms with Crippen molar-refractivity contribution in [3.63, 3.8) is 0 Å². The van der Waals surface area contributed by atoms with Crippen LogP contribution in [0.15, 0.2) is 33.1 Å². The van der Waals surface area contributed by atoms with E-state index in [0.29, 0.717) is 0 Å². The molecular formula is C11H13N3S3. The van der Waals surface area contributed by atoms with Crippen LogP contribution in [-0.4, -0.2) is 22.8 Å². The molecule has 0 bridgehead atoms. The van der Waals surface area contributed by atoms with E-state index in [4.69, 9.17) is 18.0 Å². The molecule has 0 spiro atoms. The summed E-state index contributed by atoms with van der Waals surface area (Å²) >= 11 is 8.36. The van der Waals surface area contributed by atoms with Crippen molar-refractivity contribution in [1.29, 1.82) is 0 Å². The highest BCUT2D eigenvalue weighted by Gasteiger charge is 2.16. The maximum absolute atomic E-state index is 5.39. The molecule has 0 aromatic heterocycles. The Bertz CT molecular complexity index is 471. The molecule has 0 aliphatic carbocycles. The molecule has 3 nitrogen and oxygen atoms in total. The van der Waals surface area contributed by atoms with E-state index in [0.717, 1.165) is 17.9 Å². The molecule has 1 aromatic carbocycles. The molecule has 0 saturated heterocycles. The molecule has 1 aromatic rings. The van der Waals surface area contributed by atoms with Crippen LogP contribution >= 0.6 is 35.7 Å². The average Bonchev–Trinajstić information content (AvgIpc) is 2.35. The van der Waals surface area contributed by atoms with E-state index < -0.39 is 0 Å². The second-order valence-corrected chi connectivity index (χ2v) is 5.95. The highest BCUT2D eigenvalue weighted by Crippen LogP contribution is 2.32. The monoisotopic (exact) mass is 283 g/mol. The first-order valence-electron chi connectivity index (χ1n) is 5.14. The minimum Gasteiger partial charge on any atom is -0.375 e. The van der Waals surface area contributed by atoms with Crippen molar-refractivity contribution >= 4 is 46.6 Å². The maximum Gasteiger partial charge on any atom is 0.184 e. The van der Waals surface area contributed by atoms with Crippen LogP contribution in [0.4, 0.5) is 0 Å². The molecule has 0 radical (unpaired) electrons. The normalized spacial score (nSPS) is 16.6. The third kappa shape index (κ3) is 3.14. The summed E-state index contributed by atoms with van der Waals surface area (Å²) in [5.41, 5.74) is 10.3. The van der Waals surface area contributed by atoms with Gasteiger partial charge < -0.3 is 5.73 Å². The van der Waals surface area contributed by atoms with Crippen molar-refractivity contribution < 1.29 is 0 Å². The molecule has 1 heterocycles. The maximum atomic E-state index is 5.39. The predicted octanol–water partition coefficient (Wildman–Crippen LogP) is 2.44. The van der Waals surface area contributed by atoms with Gasteiger partial charge in [0, 0.05) is 27.5 Å². The third-order valence-electron chi connectivity index (χ3n) is 2.40. The topological polar surface area (TPSA) is 50.4 Å². The van der Waals surface area contributed by atoms with E-state index in [1.807, 2.05) is 11.8 Å². The lowest BCUT2D eigenvalue weighted by atomic mass is 10.1. The predicted molar refractivity (Wildman–Crippen MR) is 80.0 cm³/mol. The van der Waals surface area contributed by atoms with E-state index in [1.54, 1.807) is 11.8 Å². The van der Waals surface area contributed by atoms with Gasteiger partial charge in [-0.2, -0.15) is 5.10 Å². The number of thioether (sulfide) groups is 2. The lowest BCUT2D eigenvalue weighted by molar-refractivity contribution is 1.01. The average molecular weight is 283 g/mol. The molecule has 3 N–H and O–H groups in total. The largest absolute Gasteiger partial charge is 0.375 e. The molecule has 1 aliphatic heterocycles. The zero-order valence-electron chi connectivity index (χ0n) is 9.40. The number of nitrogens with one attached hydrogen (secondary N) is 1. The van der Waals surface area contributed by atoms with Crippen LogP contribution in [0.1, 0.15) is 12.0 Å². The van der Waals surface area contributed by atoms with Gasteiger partial charge in [0.15, 0.2) is 5.11 Å². The second kappa shape index (κ2) is 5.75. The Morgan fingerprint density at radius 3 is 3.12 bits per heavy atom. The Morgan fingerprint density at radius 2 is 2.41 bits per heavy atom. The Labute approximate surface area is 115 Å². The number of rotatable bonds is 2. The molecule has 0 atom stereocenters. The zero-order valence-corrected chi connectivity index (χ0v) is 11.8. The summed E-state index contributed by atoms with van der Waals surface area (Å²) in [5, 5.41) is 4.48. The van der Waals surface area contributed by atoms with Crippen LogP contribution in [0.25, 0.3) is 0 Å². The van der Waals surface area contributed by atoms with Crippen molar-refractivity contribution in [1.82, 2.24) is 5.43 Å². The lowest BCUT2D eigenvalue weighted by Gasteiger charge is -2.18. The number of hydrogen-bond acceptors (Lipinski definition) is 4. The SMILES string of the molecule is CSc1ccc2c(c1)/C(=N/NC(N)=S)CCS2. The van der Waals surface area contributed by atoms with Crippen LogP contribution in [0.5, 0.6) is 0 Å². The van der Waals surface area contributed by atoms with Crippen molar-refractivity contribution in [2.24, 2.45) is 10.8 Å². The van der Waals surface area contributed by atoms with Gasteiger partial charge in [0.25, 0.3) is 0 Å². The van der Waals surface area contributed by atoms with Gasteiger partial charge in [-0.25, -0.2) is 0 Å². The van der Waals surface area contributed by atoms with E-state index in [2.05, 4.69) is 35.0 Å². The van der Waals surface area contributed by atoms with Gasteiger partial charge in [0.1, 0.15) is 0 Å². The lowest BCUT2D eigenvalue weighted by Crippen LogP contribution is -2.26. The Hall–Kier alpha value is -0.720. The number of benzene rings is 1. The summed E-state index contributed by atoms with van der Waals surface area (Å²) in [7, 11) is 0. The smallest absolute Gasteiger partial charge is 0.184 e. The quantitative estimate of drug-likeness (QED) is 0.496. The fourth-order valence-electron chi connectivity index (χ4n) is 1.62. The van der Waals surface area contributed by atoms with Crippen molar-refractivity contribution in [3.05, 3.63) is 23.8 Å². The molecule has 1 aliphatic rings. The minimum atomic E-state index is 0.207. The molecule has 17 heavy (non-hydrogen) atoms. The first kappa shape index (κ1) is 12.7. The summed E-state index contributed by atoms with van der Waals surface area (Å²) in [6.07, 6.45) is 3.01. The molecule has 0 fully saturated rings. The summed E-state index contributed by atoms with van der Waals surface area (Å²) < 4.78 is 0. The minimum absolute atomic E-state index is 0.207. The molecule has 0 amide bonds. The van der Waals surface area contributed by atoms with Gasteiger partial charge in [-0.05, 0) is 36.7 Å². The molecular weight excluding hydrogens is 270 g/mol. The zero-order chi connectivity index (χ0) is 12.3. The van der Waals surface area contributed by atoms with E-state index >= 15 is 0 Å². The fraction of sp³-hybridized carbons (Fsp3) is 0.273. The van der Waals surface area contributed by atoms with E-state index in [9.17, 15) is 0 Å². The molecule has 6 heteroatoms. The highest BCUT2D eigenvalue weighted by atomic mass is 32.2. The van der Waals surface area contributed by atoms with E-state index in [1.165, 1.54) is 15.4 Å². The number of hydrazone groups is 1. The van der Waals surface area contributed by atoms with Gasteiger partial charge >= 0.3 is 0 Å². The van der Waals surface area contributed by atoms with Crippen molar-refractivity contribution in [2.45, 2.75) is 16.2 Å². The number of nitrogens with zero attached hydrogens (tertiary/aromatic N) is 1. The summed E-state index contributed by atoms with van der Waals surface area (Å²) in [6, 6.07) is 6.47. The molecule has 90 valence electrons. The van der Waals surface area contributed by atoms with Gasteiger partial charge in [-0.15, -0.1) is 23.5 Å². The van der Waals surface area contributed by atoms with Crippen LogP contribution in [0.2, 0.25) is 0 Å². The Morgan fingerprint density at radius 1 is 1.59 bits per heavy atom. The molecule has 0 unspecified atom stereocenters. The molecule has 2 rings (SSSR count). The standard InChI is InChI=1S/C11H13N3S3/c1-16-7-2-3-10-8(6-7)9(4-5-17-10)13-14-11(12)15/h2-3,6H,4-5H2,1H3,(H3,12,14,15)/b13-9+. The fourth-order valence-corrected chi connectivity index (χ4v) is 3.12. The number of hydrogen-bond donors (Lipinski definition) is 2. The Kier molecular flexibility index (Phi) is 4.31. The van der Waals surface area contributed by atoms with Gasteiger partial charge in [0.05, 0.1) is 5.71 Å². The molecule has 0 saturated carbocycles. The van der Waals surface area contributed by atoms with E-state index in [-0.39, 0.29) is 5.11 Å². The Balaban J connectivity index is 2.35. The van der Waals surface area contributed by atoms with Crippen molar-refractivity contribution in [2.75, 3.05) is 12.0 Å². The van der Waals surface area contributed by atoms with Gasteiger partial charge in [-0.3, -0.25) is 5.43 Å². The van der Waals surface area contributed by atoms with Gasteiger partial charge in [0.2, 0.25) is 0 Å². The van der Waals surface area contributed by atoms with Crippen LogP contribution in [0, 0.1) is 0 Å². The summed E-state index contributed by atoms with van der Waals surface area (Å²) in [5.74, 6) is 1.05.